The molecule has 12 heavy (non-hydrogen) atoms. The van der Waals surface area contributed by atoms with Gasteiger partial charge in [-0.05, 0) is 11.6 Å². The molecule has 1 aromatic rings. The molecule has 0 aliphatic carbocycles. The maximum Gasteiger partial charge on any atom is 0.372 e. The smallest absolute Gasteiger partial charge is 0.250 e. The number of carbonyl (C=O) groups is 1. The van der Waals surface area contributed by atoms with Gasteiger partial charge in [-0.1, -0.05) is 30.3 Å². The molecule has 1 rings (SSSR count). The highest BCUT2D eigenvalue weighted by molar-refractivity contribution is 5.86. The van der Waals surface area contributed by atoms with Gasteiger partial charge in [-0.3, -0.25) is 4.94 Å². The molecule has 0 aliphatic rings. The van der Waals surface area contributed by atoms with Crippen LogP contribution in [0.3, 0.4) is 0 Å². The van der Waals surface area contributed by atoms with E-state index in [2.05, 4.69) is 4.94 Å². The van der Waals surface area contributed by atoms with Crippen LogP contribution in [0.1, 0.15) is 5.56 Å². The maximum atomic E-state index is 11.2. The average molecular weight is 166 g/mol. The normalized spacial score (nSPS) is 10.1. The number of carbonyl (C=O) groups excluding carboxylic acids is 1. The van der Waals surface area contributed by atoms with Crippen LogP contribution < -0.4 is 0 Å². The van der Waals surface area contributed by atoms with Crippen molar-refractivity contribution in [1.82, 2.24) is 0 Å². The summed E-state index contributed by atoms with van der Waals surface area (Å²) in [5, 5.41) is 0. The lowest BCUT2D eigenvalue weighted by atomic mass is 10.2. The molecule has 2 nitrogen and oxygen atoms in total. The minimum absolute atomic E-state index is 0.822. The lowest BCUT2D eigenvalue weighted by molar-refractivity contribution is -0.176. The fourth-order valence-electron chi connectivity index (χ4n) is 0.754. The minimum Gasteiger partial charge on any atom is -0.250 e. The first-order valence-electron chi connectivity index (χ1n) is 3.38. The summed E-state index contributed by atoms with van der Waals surface area (Å²) in [7, 11) is 0. The third-order valence-electron chi connectivity index (χ3n) is 1.29. The van der Waals surface area contributed by atoms with E-state index in [0.717, 1.165) is 11.6 Å². The molecule has 0 spiro atoms. The first-order valence-corrected chi connectivity index (χ1v) is 3.38. The maximum absolute atomic E-state index is 11.2. The van der Waals surface area contributed by atoms with E-state index in [-0.39, 0.29) is 0 Å². The van der Waals surface area contributed by atoms with Crippen molar-refractivity contribution in [3.05, 3.63) is 42.0 Å². The largest absolute Gasteiger partial charge is 0.372 e. The number of hydrogen-bond donors (Lipinski definition) is 0. The molecular weight excluding hydrogens is 159 g/mol. The quantitative estimate of drug-likeness (QED) is 0.629. The van der Waals surface area contributed by atoms with Crippen LogP contribution in [0, 0.1) is 0 Å². The van der Waals surface area contributed by atoms with Gasteiger partial charge in [-0.15, -0.1) is 0 Å². The van der Waals surface area contributed by atoms with Crippen molar-refractivity contribution in [3.8, 4) is 0 Å². The van der Waals surface area contributed by atoms with Gasteiger partial charge in [0.2, 0.25) is 0 Å². The van der Waals surface area contributed by atoms with Crippen LogP contribution in [-0.2, 0) is 9.74 Å². The summed E-state index contributed by atoms with van der Waals surface area (Å²) in [4.78, 5) is 13.2. The van der Waals surface area contributed by atoms with Gasteiger partial charge >= 0.3 is 5.97 Å². The SMILES string of the molecule is O=C(/C=C/c1ccccc1)OF. The van der Waals surface area contributed by atoms with E-state index in [4.69, 9.17) is 0 Å². The van der Waals surface area contributed by atoms with Crippen LogP contribution in [-0.4, -0.2) is 5.97 Å². The highest BCUT2D eigenvalue weighted by Gasteiger charge is 1.93. The predicted octanol–water partition coefficient (Wildman–Crippen LogP) is 2.13. The molecule has 0 saturated carbocycles. The van der Waals surface area contributed by atoms with Crippen LogP contribution in [0.2, 0.25) is 0 Å². The third-order valence-corrected chi connectivity index (χ3v) is 1.29. The lowest BCUT2D eigenvalue weighted by Crippen LogP contribution is -1.89. The molecule has 0 heterocycles. The molecule has 62 valence electrons. The third kappa shape index (κ3) is 2.54. The Bertz CT molecular complexity index is 280. The molecule has 0 aliphatic heterocycles. The van der Waals surface area contributed by atoms with Gasteiger partial charge < -0.3 is 0 Å². The van der Waals surface area contributed by atoms with Crippen LogP contribution in [0.15, 0.2) is 36.4 Å². The molecule has 0 amide bonds. The predicted molar refractivity (Wildman–Crippen MR) is 42.7 cm³/mol. The second-order valence-electron chi connectivity index (χ2n) is 2.14. The van der Waals surface area contributed by atoms with Gasteiger partial charge in [0.15, 0.2) is 0 Å². The Morgan fingerprint density at radius 3 is 2.58 bits per heavy atom. The summed E-state index contributed by atoms with van der Waals surface area (Å²) in [5.74, 6) is -1.00. The Labute approximate surface area is 69.2 Å². The molecule has 0 unspecified atom stereocenters. The van der Waals surface area contributed by atoms with E-state index in [0.29, 0.717) is 0 Å². The second kappa shape index (κ2) is 4.28. The molecule has 0 saturated heterocycles. The lowest BCUT2D eigenvalue weighted by Gasteiger charge is -1.88. The van der Waals surface area contributed by atoms with Crippen molar-refractivity contribution < 1.29 is 14.3 Å². The molecule has 1 aromatic carbocycles. The number of halogens is 1. The molecule has 0 fully saturated rings. The van der Waals surface area contributed by atoms with Crippen LogP contribution in [0.25, 0.3) is 6.08 Å². The summed E-state index contributed by atoms with van der Waals surface area (Å²) < 4.78 is 11.2. The van der Waals surface area contributed by atoms with Crippen molar-refractivity contribution >= 4 is 12.0 Å². The fourth-order valence-corrected chi connectivity index (χ4v) is 0.754. The van der Waals surface area contributed by atoms with Crippen molar-refractivity contribution in [1.29, 1.82) is 0 Å². The Balaban J connectivity index is 2.64. The Hall–Kier alpha value is -1.64. The highest BCUT2D eigenvalue weighted by atomic mass is 19.3. The van der Waals surface area contributed by atoms with E-state index in [1.165, 1.54) is 6.08 Å². The second-order valence-corrected chi connectivity index (χ2v) is 2.14. The summed E-state index contributed by atoms with van der Waals surface area (Å²) in [6, 6.07) is 9.08. The molecule has 0 aromatic heterocycles. The number of hydrogen-bond acceptors (Lipinski definition) is 2. The average Bonchev–Trinajstić information content (AvgIpc) is 2.16. The van der Waals surface area contributed by atoms with E-state index in [1.54, 1.807) is 12.1 Å². The zero-order valence-corrected chi connectivity index (χ0v) is 6.24. The van der Waals surface area contributed by atoms with E-state index in [1.807, 2.05) is 18.2 Å². The standard InChI is InChI=1S/C9H7FO2/c10-12-9(11)7-6-8-4-2-1-3-5-8/h1-7H/b7-6+. The van der Waals surface area contributed by atoms with Gasteiger partial charge in [0.1, 0.15) is 0 Å². The fraction of sp³-hybridized carbons (Fsp3) is 0. The summed E-state index contributed by atoms with van der Waals surface area (Å²) in [5.41, 5.74) is 0.822. The first kappa shape index (κ1) is 8.46. The van der Waals surface area contributed by atoms with Crippen LogP contribution in [0.4, 0.5) is 4.53 Å². The highest BCUT2D eigenvalue weighted by Crippen LogP contribution is 2.00. The summed E-state index contributed by atoms with van der Waals surface area (Å²) in [6.07, 6.45) is 2.50. The molecule has 0 atom stereocenters. The van der Waals surface area contributed by atoms with Gasteiger partial charge in [0.05, 0.1) is 0 Å². The summed E-state index contributed by atoms with van der Waals surface area (Å²) in [6.45, 7) is 0. The first-order chi connectivity index (χ1) is 5.83. The van der Waals surface area contributed by atoms with Crippen LogP contribution >= 0.6 is 0 Å². The molecule has 3 heteroatoms. The Morgan fingerprint density at radius 1 is 1.33 bits per heavy atom. The zero-order chi connectivity index (χ0) is 8.81. The topological polar surface area (TPSA) is 26.3 Å². The van der Waals surface area contributed by atoms with Crippen LogP contribution in [0.5, 0.6) is 0 Å². The van der Waals surface area contributed by atoms with Crippen molar-refractivity contribution in [2.45, 2.75) is 0 Å². The zero-order valence-electron chi connectivity index (χ0n) is 6.24. The minimum atomic E-state index is -1.00. The number of rotatable bonds is 2. The monoisotopic (exact) mass is 166 g/mol. The van der Waals surface area contributed by atoms with Gasteiger partial charge in [0.25, 0.3) is 0 Å². The van der Waals surface area contributed by atoms with Crippen molar-refractivity contribution in [2.75, 3.05) is 0 Å². The molecule has 0 bridgehead atoms. The van der Waals surface area contributed by atoms with E-state index in [9.17, 15) is 9.32 Å². The van der Waals surface area contributed by atoms with Gasteiger partial charge in [-0.25, -0.2) is 4.79 Å². The van der Waals surface area contributed by atoms with Gasteiger partial charge in [0, 0.05) is 10.6 Å². The summed E-state index contributed by atoms with van der Waals surface area (Å²) >= 11 is 0. The molecule has 0 N–H and O–H groups in total. The van der Waals surface area contributed by atoms with Gasteiger partial charge in [-0.2, -0.15) is 0 Å². The number of benzene rings is 1. The van der Waals surface area contributed by atoms with E-state index >= 15 is 0 Å². The van der Waals surface area contributed by atoms with Crippen molar-refractivity contribution in [3.63, 3.8) is 0 Å². The molecule has 0 radical (unpaired) electrons. The Kier molecular flexibility index (Phi) is 3.02. The Morgan fingerprint density at radius 2 is 2.00 bits per heavy atom. The van der Waals surface area contributed by atoms with E-state index < -0.39 is 5.97 Å². The van der Waals surface area contributed by atoms with Crippen molar-refractivity contribution in [2.24, 2.45) is 0 Å². The molecular formula is C9H7FO2.